The number of nitrogen functional groups attached to an aromatic ring is 1. The lowest BCUT2D eigenvalue weighted by atomic mass is 10.2. The SMILES string of the molecule is Cc1cc(N)c(NC(=O)c2ccc(Cl)s2)c(Br)c1. The first-order valence-corrected chi connectivity index (χ1v) is 7.08. The van der Waals surface area contributed by atoms with E-state index in [4.69, 9.17) is 17.3 Å². The number of hydrogen-bond acceptors (Lipinski definition) is 3. The van der Waals surface area contributed by atoms with Crippen LogP contribution >= 0.6 is 38.9 Å². The highest BCUT2D eigenvalue weighted by Crippen LogP contribution is 2.31. The molecule has 0 aliphatic rings. The molecule has 0 unspecified atom stereocenters. The zero-order valence-corrected chi connectivity index (χ0v) is 12.6. The van der Waals surface area contributed by atoms with E-state index in [2.05, 4.69) is 21.2 Å². The summed E-state index contributed by atoms with van der Waals surface area (Å²) in [5, 5.41) is 2.78. The van der Waals surface area contributed by atoms with Gasteiger partial charge in [-0.1, -0.05) is 11.6 Å². The summed E-state index contributed by atoms with van der Waals surface area (Å²) >= 11 is 10.4. The predicted octanol–water partition coefficient (Wildman–Crippen LogP) is 4.31. The zero-order valence-electron chi connectivity index (χ0n) is 9.46. The van der Waals surface area contributed by atoms with Crippen molar-refractivity contribution in [2.75, 3.05) is 11.1 Å². The Hall–Kier alpha value is -1.04. The lowest BCUT2D eigenvalue weighted by Crippen LogP contribution is -2.12. The van der Waals surface area contributed by atoms with Crippen LogP contribution in [0.15, 0.2) is 28.7 Å². The third-order valence-electron chi connectivity index (χ3n) is 2.30. The molecular weight excluding hydrogens is 336 g/mol. The molecule has 1 aromatic heterocycles. The normalized spacial score (nSPS) is 10.4. The fourth-order valence-corrected chi connectivity index (χ4v) is 3.14. The van der Waals surface area contributed by atoms with Crippen LogP contribution < -0.4 is 11.1 Å². The minimum absolute atomic E-state index is 0.219. The van der Waals surface area contributed by atoms with Crippen LogP contribution in [0.25, 0.3) is 0 Å². The fraction of sp³-hybridized carbons (Fsp3) is 0.0833. The fourth-order valence-electron chi connectivity index (χ4n) is 1.51. The second kappa shape index (κ2) is 5.30. The summed E-state index contributed by atoms with van der Waals surface area (Å²) in [4.78, 5) is 12.5. The van der Waals surface area contributed by atoms with E-state index in [1.807, 2.05) is 19.1 Å². The van der Waals surface area contributed by atoms with E-state index in [0.717, 1.165) is 10.0 Å². The average Bonchev–Trinajstić information content (AvgIpc) is 2.70. The quantitative estimate of drug-likeness (QED) is 0.797. The summed E-state index contributed by atoms with van der Waals surface area (Å²) in [7, 11) is 0. The highest BCUT2D eigenvalue weighted by Gasteiger charge is 2.13. The first kappa shape index (κ1) is 13.4. The van der Waals surface area contributed by atoms with E-state index in [1.54, 1.807) is 12.1 Å². The van der Waals surface area contributed by atoms with Gasteiger partial charge in [0.1, 0.15) is 0 Å². The maximum atomic E-state index is 12.0. The van der Waals surface area contributed by atoms with Crippen molar-refractivity contribution in [1.29, 1.82) is 0 Å². The molecule has 3 nitrogen and oxygen atoms in total. The highest BCUT2D eigenvalue weighted by molar-refractivity contribution is 9.10. The molecule has 0 radical (unpaired) electrons. The summed E-state index contributed by atoms with van der Waals surface area (Å²) in [6, 6.07) is 7.07. The molecular formula is C12H10BrClN2OS. The van der Waals surface area contributed by atoms with E-state index in [0.29, 0.717) is 20.6 Å². The molecule has 2 rings (SSSR count). The average molecular weight is 346 g/mol. The molecule has 18 heavy (non-hydrogen) atoms. The zero-order chi connectivity index (χ0) is 13.3. The standard InChI is InChI=1S/C12H10BrClN2OS/c1-6-4-7(13)11(8(15)5-6)16-12(17)9-2-3-10(14)18-9/h2-5H,15H2,1H3,(H,16,17). The summed E-state index contributed by atoms with van der Waals surface area (Å²) in [5.74, 6) is -0.219. The van der Waals surface area contributed by atoms with Crippen molar-refractivity contribution < 1.29 is 4.79 Å². The van der Waals surface area contributed by atoms with E-state index < -0.39 is 0 Å². The maximum absolute atomic E-state index is 12.0. The molecule has 0 saturated carbocycles. The molecule has 6 heteroatoms. The molecule has 0 aliphatic carbocycles. The molecule has 1 amide bonds. The first-order valence-electron chi connectivity index (χ1n) is 5.09. The van der Waals surface area contributed by atoms with Gasteiger partial charge in [-0.3, -0.25) is 4.79 Å². The molecule has 0 fully saturated rings. The van der Waals surface area contributed by atoms with E-state index >= 15 is 0 Å². The lowest BCUT2D eigenvalue weighted by molar-refractivity contribution is 0.103. The maximum Gasteiger partial charge on any atom is 0.265 e. The molecule has 0 atom stereocenters. The minimum Gasteiger partial charge on any atom is -0.397 e. The third kappa shape index (κ3) is 2.85. The van der Waals surface area contributed by atoms with Crippen molar-refractivity contribution in [3.05, 3.63) is 43.5 Å². The van der Waals surface area contributed by atoms with E-state index in [9.17, 15) is 4.79 Å². The van der Waals surface area contributed by atoms with Crippen LogP contribution in [-0.2, 0) is 0 Å². The van der Waals surface area contributed by atoms with E-state index in [1.165, 1.54) is 11.3 Å². The number of amides is 1. The van der Waals surface area contributed by atoms with Crippen LogP contribution in [0.3, 0.4) is 0 Å². The van der Waals surface area contributed by atoms with Crippen LogP contribution in [-0.4, -0.2) is 5.91 Å². The number of halogens is 2. The van der Waals surface area contributed by atoms with Gasteiger partial charge in [0.25, 0.3) is 5.91 Å². The molecule has 0 saturated heterocycles. The number of carbonyl (C=O) groups is 1. The number of aryl methyl sites for hydroxylation is 1. The number of nitrogens with one attached hydrogen (secondary N) is 1. The van der Waals surface area contributed by atoms with Crippen molar-refractivity contribution in [2.45, 2.75) is 6.92 Å². The molecule has 0 bridgehead atoms. The highest BCUT2D eigenvalue weighted by atomic mass is 79.9. The van der Waals surface area contributed by atoms with Crippen molar-refractivity contribution in [1.82, 2.24) is 0 Å². The van der Waals surface area contributed by atoms with Gasteiger partial charge in [0.2, 0.25) is 0 Å². The number of benzene rings is 1. The topological polar surface area (TPSA) is 55.1 Å². The van der Waals surface area contributed by atoms with Crippen LogP contribution in [0.2, 0.25) is 4.34 Å². The van der Waals surface area contributed by atoms with Crippen LogP contribution in [0, 0.1) is 6.92 Å². The molecule has 2 aromatic rings. The van der Waals surface area contributed by atoms with Crippen molar-refractivity contribution >= 4 is 56.1 Å². The summed E-state index contributed by atoms with van der Waals surface area (Å²) < 4.78 is 1.34. The molecule has 3 N–H and O–H groups in total. The van der Waals surface area contributed by atoms with Crippen LogP contribution in [0.5, 0.6) is 0 Å². The van der Waals surface area contributed by atoms with Gasteiger partial charge in [-0.2, -0.15) is 0 Å². The second-order valence-electron chi connectivity index (χ2n) is 3.77. The van der Waals surface area contributed by atoms with Gasteiger partial charge in [-0.05, 0) is 52.7 Å². The number of carbonyl (C=O) groups excluding carboxylic acids is 1. The number of nitrogens with two attached hydrogens (primary N) is 1. The Balaban J connectivity index is 2.27. The van der Waals surface area contributed by atoms with Crippen molar-refractivity contribution in [3.63, 3.8) is 0 Å². The second-order valence-corrected chi connectivity index (χ2v) is 6.34. The van der Waals surface area contributed by atoms with Crippen LogP contribution in [0.4, 0.5) is 11.4 Å². The van der Waals surface area contributed by atoms with Gasteiger partial charge >= 0.3 is 0 Å². The molecule has 0 aliphatic heterocycles. The molecule has 94 valence electrons. The Labute approximate surface area is 122 Å². The number of hydrogen-bond donors (Lipinski definition) is 2. The summed E-state index contributed by atoms with van der Waals surface area (Å²) in [6.07, 6.45) is 0. The molecule has 1 aromatic carbocycles. The van der Waals surface area contributed by atoms with Gasteiger partial charge in [-0.15, -0.1) is 11.3 Å². The largest absolute Gasteiger partial charge is 0.397 e. The number of thiophene rings is 1. The smallest absolute Gasteiger partial charge is 0.265 e. The van der Waals surface area contributed by atoms with Gasteiger partial charge in [0.05, 0.1) is 20.6 Å². The van der Waals surface area contributed by atoms with Crippen molar-refractivity contribution in [2.24, 2.45) is 0 Å². The van der Waals surface area contributed by atoms with Crippen LogP contribution in [0.1, 0.15) is 15.2 Å². The van der Waals surface area contributed by atoms with Gasteiger partial charge in [-0.25, -0.2) is 0 Å². The predicted molar refractivity (Wildman–Crippen MR) is 80.6 cm³/mol. The molecule has 1 heterocycles. The van der Waals surface area contributed by atoms with Gasteiger partial charge in [0.15, 0.2) is 0 Å². The Morgan fingerprint density at radius 2 is 2.17 bits per heavy atom. The Bertz CT molecular complexity index is 589. The Morgan fingerprint density at radius 1 is 1.44 bits per heavy atom. The Kier molecular flexibility index (Phi) is 3.94. The number of anilines is 2. The summed E-state index contributed by atoms with van der Waals surface area (Å²) in [5.41, 5.74) is 8.02. The lowest BCUT2D eigenvalue weighted by Gasteiger charge is -2.10. The van der Waals surface area contributed by atoms with Gasteiger partial charge < -0.3 is 11.1 Å². The minimum atomic E-state index is -0.219. The third-order valence-corrected chi connectivity index (χ3v) is 4.16. The van der Waals surface area contributed by atoms with Gasteiger partial charge in [0, 0.05) is 4.47 Å². The summed E-state index contributed by atoms with van der Waals surface area (Å²) in [6.45, 7) is 1.94. The number of rotatable bonds is 2. The monoisotopic (exact) mass is 344 g/mol. The first-order chi connectivity index (χ1) is 8.47. The molecule has 0 spiro atoms. The van der Waals surface area contributed by atoms with E-state index in [-0.39, 0.29) is 5.91 Å². The van der Waals surface area contributed by atoms with Crippen molar-refractivity contribution in [3.8, 4) is 0 Å². The Morgan fingerprint density at radius 3 is 2.72 bits per heavy atom.